The molecule has 0 spiro atoms. The fourth-order valence-corrected chi connectivity index (χ4v) is 2.66. The number of hydrogen-bond acceptors (Lipinski definition) is 5. The molecule has 23 heavy (non-hydrogen) atoms. The summed E-state index contributed by atoms with van der Waals surface area (Å²) in [6, 6.07) is 4.89. The van der Waals surface area contributed by atoms with Crippen molar-refractivity contribution in [2.24, 2.45) is 0 Å². The molecule has 0 aromatic heterocycles. The predicted octanol–water partition coefficient (Wildman–Crippen LogP) is 1.85. The maximum Gasteiger partial charge on any atom is 0.329 e. The number of rotatable bonds is 6. The fraction of sp³-hybridized carbons (Fsp3) is 0.529. The number of ether oxygens (including phenoxy) is 3. The van der Waals surface area contributed by atoms with Gasteiger partial charge >= 0.3 is 5.97 Å². The van der Waals surface area contributed by atoms with Gasteiger partial charge in [0.1, 0.15) is 23.1 Å². The Morgan fingerprint density at radius 2 is 2.09 bits per heavy atom. The van der Waals surface area contributed by atoms with Crippen LogP contribution in [0.1, 0.15) is 32.3 Å². The Labute approximate surface area is 136 Å². The molecule has 0 radical (unpaired) electrons. The molecule has 1 aromatic rings. The van der Waals surface area contributed by atoms with E-state index in [1.807, 2.05) is 26.0 Å². The maximum absolute atomic E-state index is 12.1. The van der Waals surface area contributed by atoms with Crippen molar-refractivity contribution in [1.82, 2.24) is 5.32 Å². The SMILES string of the molecule is COc1ccc(OC)c(CCC(=O)N[C@@H]2CC(C)(C)OC2=O)c1. The minimum Gasteiger partial charge on any atom is -0.497 e. The van der Waals surface area contributed by atoms with Crippen LogP contribution in [0.15, 0.2) is 18.2 Å². The van der Waals surface area contributed by atoms with Crippen LogP contribution in [0.5, 0.6) is 11.5 Å². The minimum atomic E-state index is -0.565. The smallest absolute Gasteiger partial charge is 0.329 e. The van der Waals surface area contributed by atoms with Crippen LogP contribution in [0.4, 0.5) is 0 Å². The van der Waals surface area contributed by atoms with Crippen molar-refractivity contribution in [1.29, 1.82) is 0 Å². The third-order valence-corrected chi connectivity index (χ3v) is 3.80. The quantitative estimate of drug-likeness (QED) is 0.809. The molecule has 1 aromatic carbocycles. The largest absolute Gasteiger partial charge is 0.497 e. The van der Waals surface area contributed by atoms with E-state index in [1.54, 1.807) is 20.3 Å². The molecule has 1 aliphatic rings. The first-order chi connectivity index (χ1) is 10.8. The third-order valence-electron chi connectivity index (χ3n) is 3.80. The highest BCUT2D eigenvalue weighted by molar-refractivity contribution is 5.86. The maximum atomic E-state index is 12.1. The number of carbonyl (C=O) groups excluding carboxylic acids is 2. The third kappa shape index (κ3) is 4.37. The number of benzene rings is 1. The van der Waals surface area contributed by atoms with Crippen molar-refractivity contribution in [2.75, 3.05) is 14.2 Å². The van der Waals surface area contributed by atoms with Crippen LogP contribution in [0.3, 0.4) is 0 Å². The highest BCUT2D eigenvalue weighted by atomic mass is 16.6. The molecule has 1 amide bonds. The van der Waals surface area contributed by atoms with Crippen molar-refractivity contribution in [2.45, 2.75) is 44.8 Å². The molecule has 1 N–H and O–H groups in total. The van der Waals surface area contributed by atoms with Crippen molar-refractivity contribution >= 4 is 11.9 Å². The predicted molar refractivity (Wildman–Crippen MR) is 84.6 cm³/mol. The number of esters is 1. The highest BCUT2D eigenvalue weighted by Gasteiger charge is 2.40. The van der Waals surface area contributed by atoms with Gasteiger partial charge in [0.25, 0.3) is 0 Å². The van der Waals surface area contributed by atoms with Crippen LogP contribution in [0, 0.1) is 0 Å². The zero-order chi connectivity index (χ0) is 17.0. The van der Waals surface area contributed by atoms with Gasteiger partial charge in [-0.3, -0.25) is 4.79 Å². The second-order valence-corrected chi connectivity index (χ2v) is 6.18. The Kier molecular flexibility index (Phi) is 5.13. The van der Waals surface area contributed by atoms with Gasteiger partial charge in [-0.1, -0.05) is 0 Å². The van der Waals surface area contributed by atoms with E-state index in [0.29, 0.717) is 24.3 Å². The summed E-state index contributed by atoms with van der Waals surface area (Å²) in [4.78, 5) is 23.8. The number of nitrogens with one attached hydrogen (secondary N) is 1. The molecule has 1 aliphatic heterocycles. The van der Waals surface area contributed by atoms with Gasteiger partial charge in [-0.05, 0) is 44.0 Å². The van der Waals surface area contributed by atoms with Gasteiger partial charge in [0, 0.05) is 12.8 Å². The van der Waals surface area contributed by atoms with E-state index in [9.17, 15) is 9.59 Å². The Morgan fingerprint density at radius 3 is 2.65 bits per heavy atom. The first kappa shape index (κ1) is 17.1. The Bertz CT molecular complexity index is 597. The topological polar surface area (TPSA) is 73.9 Å². The Balaban J connectivity index is 1.93. The lowest BCUT2D eigenvalue weighted by Crippen LogP contribution is -2.38. The number of amides is 1. The average molecular weight is 321 g/mol. The van der Waals surface area contributed by atoms with Crippen LogP contribution >= 0.6 is 0 Å². The van der Waals surface area contributed by atoms with E-state index < -0.39 is 11.6 Å². The van der Waals surface area contributed by atoms with E-state index >= 15 is 0 Å². The Morgan fingerprint density at radius 1 is 1.35 bits per heavy atom. The van der Waals surface area contributed by atoms with Crippen LogP contribution in [0.25, 0.3) is 0 Å². The second-order valence-electron chi connectivity index (χ2n) is 6.18. The van der Waals surface area contributed by atoms with E-state index in [1.165, 1.54) is 0 Å². The lowest BCUT2D eigenvalue weighted by molar-refractivity contribution is -0.148. The van der Waals surface area contributed by atoms with Crippen LogP contribution in [-0.2, 0) is 20.7 Å². The molecular formula is C17H23NO5. The molecule has 0 saturated carbocycles. The summed E-state index contributed by atoms with van der Waals surface area (Å²) in [5, 5.41) is 2.74. The van der Waals surface area contributed by atoms with Gasteiger partial charge < -0.3 is 19.5 Å². The molecule has 1 heterocycles. The van der Waals surface area contributed by atoms with Gasteiger partial charge in [-0.15, -0.1) is 0 Å². The summed E-state index contributed by atoms with van der Waals surface area (Å²) in [6.07, 6.45) is 1.24. The Hall–Kier alpha value is -2.24. The van der Waals surface area contributed by atoms with E-state index in [2.05, 4.69) is 5.32 Å². The van der Waals surface area contributed by atoms with Gasteiger partial charge in [-0.2, -0.15) is 0 Å². The molecule has 6 heteroatoms. The van der Waals surface area contributed by atoms with E-state index in [-0.39, 0.29) is 18.3 Å². The number of carbonyl (C=O) groups is 2. The van der Waals surface area contributed by atoms with Crippen molar-refractivity contribution in [3.63, 3.8) is 0 Å². The standard InChI is InChI=1S/C17H23NO5/c1-17(2)10-13(16(20)23-17)18-15(19)8-5-11-9-12(21-3)6-7-14(11)22-4/h6-7,9,13H,5,8,10H2,1-4H3,(H,18,19)/t13-/m1/s1. The molecule has 2 rings (SSSR count). The average Bonchev–Trinajstić information content (AvgIpc) is 2.76. The van der Waals surface area contributed by atoms with E-state index in [4.69, 9.17) is 14.2 Å². The van der Waals surface area contributed by atoms with Crippen molar-refractivity contribution < 1.29 is 23.8 Å². The lowest BCUT2D eigenvalue weighted by atomic mass is 10.0. The van der Waals surface area contributed by atoms with Crippen molar-refractivity contribution in [3.8, 4) is 11.5 Å². The number of hydrogen-bond donors (Lipinski definition) is 1. The molecule has 6 nitrogen and oxygen atoms in total. The van der Waals surface area contributed by atoms with Gasteiger partial charge in [0.15, 0.2) is 0 Å². The van der Waals surface area contributed by atoms with Gasteiger partial charge in [0.05, 0.1) is 14.2 Å². The number of aryl methyl sites for hydroxylation is 1. The first-order valence-corrected chi connectivity index (χ1v) is 7.58. The summed E-state index contributed by atoms with van der Waals surface area (Å²) in [6.45, 7) is 3.66. The van der Waals surface area contributed by atoms with Crippen molar-refractivity contribution in [3.05, 3.63) is 23.8 Å². The summed E-state index contributed by atoms with van der Waals surface area (Å²) < 4.78 is 15.7. The first-order valence-electron chi connectivity index (χ1n) is 7.58. The highest BCUT2D eigenvalue weighted by Crippen LogP contribution is 2.27. The number of cyclic esters (lactones) is 1. The molecule has 0 unspecified atom stereocenters. The summed E-state index contributed by atoms with van der Waals surface area (Å²) >= 11 is 0. The molecule has 1 saturated heterocycles. The number of methoxy groups -OCH3 is 2. The molecule has 1 fully saturated rings. The van der Waals surface area contributed by atoms with Crippen LogP contribution in [0.2, 0.25) is 0 Å². The van der Waals surface area contributed by atoms with Gasteiger partial charge in [0.2, 0.25) is 5.91 Å². The zero-order valence-electron chi connectivity index (χ0n) is 14.0. The summed E-state index contributed by atoms with van der Waals surface area (Å²) in [5.74, 6) is 0.860. The summed E-state index contributed by atoms with van der Waals surface area (Å²) in [7, 11) is 3.17. The molecule has 0 aliphatic carbocycles. The zero-order valence-corrected chi connectivity index (χ0v) is 14.0. The summed E-state index contributed by atoms with van der Waals surface area (Å²) in [5.41, 5.74) is 0.363. The fourth-order valence-electron chi connectivity index (χ4n) is 2.66. The van der Waals surface area contributed by atoms with E-state index in [0.717, 1.165) is 5.56 Å². The van der Waals surface area contributed by atoms with Crippen LogP contribution < -0.4 is 14.8 Å². The normalized spacial score (nSPS) is 19.1. The van der Waals surface area contributed by atoms with Crippen LogP contribution in [-0.4, -0.2) is 37.7 Å². The molecule has 1 atom stereocenters. The second kappa shape index (κ2) is 6.89. The molecular weight excluding hydrogens is 298 g/mol. The minimum absolute atomic E-state index is 0.186. The van der Waals surface area contributed by atoms with Gasteiger partial charge in [-0.25, -0.2) is 4.79 Å². The molecule has 0 bridgehead atoms. The lowest BCUT2D eigenvalue weighted by Gasteiger charge is -2.14. The molecule has 126 valence electrons. The monoisotopic (exact) mass is 321 g/mol.